The molecule has 2 atom stereocenters. The van der Waals surface area contributed by atoms with Gasteiger partial charge in [0.05, 0.1) is 0 Å². The molecule has 0 amide bonds. The highest BCUT2D eigenvalue weighted by atomic mass is 19.1. The first-order valence-corrected chi connectivity index (χ1v) is 9.99. The van der Waals surface area contributed by atoms with Crippen LogP contribution in [-0.4, -0.2) is 68.7 Å². The fourth-order valence-electron chi connectivity index (χ4n) is 3.87. The van der Waals surface area contributed by atoms with Gasteiger partial charge in [-0.3, -0.25) is 4.99 Å². The van der Waals surface area contributed by atoms with Gasteiger partial charge in [-0.15, -0.1) is 0 Å². The molecule has 2 heterocycles. The second-order valence-corrected chi connectivity index (χ2v) is 7.45. The number of likely N-dealkylation sites (N-methyl/N-ethyl adjacent to an activating group) is 1. The molecule has 2 N–H and O–H groups in total. The molecule has 6 nitrogen and oxygen atoms in total. The summed E-state index contributed by atoms with van der Waals surface area (Å²) in [5, 5.41) is 6.96. The monoisotopic (exact) mass is 378 g/mol. The van der Waals surface area contributed by atoms with Crippen molar-refractivity contribution in [3.8, 4) is 0 Å². The second kappa shape index (κ2) is 10.4. The van der Waals surface area contributed by atoms with E-state index in [1.807, 2.05) is 4.90 Å². The fraction of sp³-hybridized carbons (Fsp3) is 0.700. The summed E-state index contributed by atoms with van der Waals surface area (Å²) in [6, 6.07) is 3.77. The number of halogens is 1. The first kappa shape index (κ1) is 21.4. The van der Waals surface area contributed by atoms with Crippen molar-refractivity contribution in [3.05, 3.63) is 24.1 Å². The van der Waals surface area contributed by atoms with Crippen LogP contribution in [0.2, 0.25) is 0 Å². The van der Waals surface area contributed by atoms with Crippen LogP contribution in [0.3, 0.4) is 0 Å². The van der Waals surface area contributed by atoms with E-state index in [0.29, 0.717) is 17.8 Å². The minimum absolute atomic E-state index is 0.226. The average Bonchev–Trinajstić information content (AvgIpc) is 3.12. The van der Waals surface area contributed by atoms with Crippen molar-refractivity contribution in [2.45, 2.75) is 45.2 Å². The van der Waals surface area contributed by atoms with Gasteiger partial charge in [0.25, 0.3) is 0 Å². The normalized spacial score (nSPS) is 19.0. The molecule has 1 aromatic rings. The smallest absolute Gasteiger partial charge is 0.191 e. The lowest BCUT2D eigenvalue weighted by Gasteiger charge is -2.32. The van der Waals surface area contributed by atoms with Gasteiger partial charge in [0.15, 0.2) is 17.6 Å². The van der Waals surface area contributed by atoms with Gasteiger partial charge in [-0.25, -0.2) is 9.37 Å². The Balaban J connectivity index is 1.89. The number of aliphatic imine (C=N–C) groups is 1. The third kappa shape index (κ3) is 5.79. The van der Waals surface area contributed by atoms with Crippen molar-refractivity contribution in [2.75, 3.05) is 45.7 Å². The molecule has 1 aliphatic rings. The van der Waals surface area contributed by atoms with Gasteiger partial charge < -0.3 is 20.4 Å². The van der Waals surface area contributed by atoms with Gasteiger partial charge in [0.2, 0.25) is 0 Å². The molecule has 0 aromatic carbocycles. The average molecular weight is 379 g/mol. The molecule has 0 spiro atoms. The van der Waals surface area contributed by atoms with Crippen LogP contribution >= 0.6 is 0 Å². The van der Waals surface area contributed by atoms with E-state index in [-0.39, 0.29) is 11.9 Å². The molecular weight excluding hydrogens is 343 g/mol. The summed E-state index contributed by atoms with van der Waals surface area (Å²) < 4.78 is 14.0. The van der Waals surface area contributed by atoms with Crippen molar-refractivity contribution in [1.82, 2.24) is 20.5 Å². The Morgan fingerprint density at radius 2 is 2.15 bits per heavy atom. The molecule has 2 rings (SSSR count). The fourth-order valence-corrected chi connectivity index (χ4v) is 3.87. The maximum atomic E-state index is 14.0. The van der Waals surface area contributed by atoms with Gasteiger partial charge in [0.1, 0.15) is 0 Å². The topological polar surface area (TPSA) is 55.8 Å². The maximum Gasteiger partial charge on any atom is 0.191 e. The third-order valence-electron chi connectivity index (χ3n) is 5.53. The lowest BCUT2D eigenvalue weighted by Crippen LogP contribution is -2.50. The molecule has 1 saturated heterocycles. The van der Waals surface area contributed by atoms with Crippen LogP contribution in [0, 0.1) is 11.7 Å². The first-order chi connectivity index (χ1) is 13.0. The maximum absolute atomic E-state index is 14.0. The summed E-state index contributed by atoms with van der Waals surface area (Å²) >= 11 is 0. The van der Waals surface area contributed by atoms with Crippen molar-refractivity contribution in [1.29, 1.82) is 0 Å². The van der Waals surface area contributed by atoms with Gasteiger partial charge in [-0.2, -0.15) is 0 Å². The van der Waals surface area contributed by atoms with Crippen molar-refractivity contribution >= 4 is 11.8 Å². The highest BCUT2D eigenvalue weighted by Gasteiger charge is 2.26. The van der Waals surface area contributed by atoms with E-state index in [2.05, 4.69) is 53.5 Å². The zero-order valence-electron chi connectivity index (χ0n) is 17.4. The SMILES string of the molecule is CCC(CC)C(CNC(=NC)NC1CCN(c2ncccc2F)C1)N(C)C. The van der Waals surface area contributed by atoms with Crippen molar-refractivity contribution in [3.63, 3.8) is 0 Å². The quantitative estimate of drug-likeness (QED) is 0.537. The standard InChI is InChI=1S/C20H35FN6/c1-6-15(7-2)18(26(4)5)13-24-20(22-3)25-16-10-12-27(14-16)19-17(21)9-8-11-23-19/h8-9,11,15-16,18H,6-7,10,12-14H2,1-5H3,(H2,22,24,25). The zero-order chi connectivity index (χ0) is 19.8. The zero-order valence-corrected chi connectivity index (χ0v) is 17.4. The van der Waals surface area contributed by atoms with E-state index in [1.165, 1.54) is 18.9 Å². The number of guanidine groups is 1. The van der Waals surface area contributed by atoms with Crippen LogP contribution in [0.4, 0.5) is 10.2 Å². The van der Waals surface area contributed by atoms with E-state index in [9.17, 15) is 4.39 Å². The Kier molecular flexibility index (Phi) is 8.28. The van der Waals surface area contributed by atoms with E-state index in [0.717, 1.165) is 32.0 Å². The van der Waals surface area contributed by atoms with Crippen LogP contribution in [0.25, 0.3) is 0 Å². The number of hydrogen-bond donors (Lipinski definition) is 2. The molecular formula is C20H35FN6. The predicted molar refractivity (Wildman–Crippen MR) is 111 cm³/mol. The first-order valence-electron chi connectivity index (χ1n) is 9.99. The number of nitrogens with one attached hydrogen (secondary N) is 2. The largest absolute Gasteiger partial charge is 0.355 e. The van der Waals surface area contributed by atoms with Crippen LogP contribution in [0.15, 0.2) is 23.3 Å². The summed E-state index contributed by atoms with van der Waals surface area (Å²) in [4.78, 5) is 12.8. The summed E-state index contributed by atoms with van der Waals surface area (Å²) in [5.41, 5.74) is 0. The molecule has 27 heavy (non-hydrogen) atoms. The third-order valence-corrected chi connectivity index (χ3v) is 5.53. The number of aromatic nitrogens is 1. The van der Waals surface area contributed by atoms with Gasteiger partial charge in [-0.1, -0.05) is 26.7 Å². The van der Waals surface area contributed by atoms with Crippen LogP contribution in [0.5, 0.6) is 0 Å². The van der Waals surface area contributed by atoms with Crippen LogP contribution in [-0.2, 0) is 0 Å². The van der Waals surface area contributed by atoms with E-state index < -0.39 is 0 Å². The molecule has 1 aliphatic heterocycles. The van der Waals surface area contributed by atoms with Gasteiger partial charge in [-0.05, 0) is 38.6 Å². The molecule has 7 heteroatoms. The molecule has 0 aliphatic carbocycles. The molecule has 1 fully saturated rings. The molecule has 2 unspecified atom stereocenters. The Labute approximate surface area is 163 Å². The summed E-state index contributed by atoms with van der Waals surface area (Å²) in [6.45, 7) is 6.86. The molecule has 0 saturated carbocycles. The van der Waals surface area contributed by atoms with Crippen LogP contribution < -0.4 is 15.5 Å². The molecule has 1 aromatic heterocycles. The number of pyridine rings is 1. The Morgan fingerprint density at radius 1 is 1.41 bits per heavy atom. The Hall–Kier alpha value is -1.89. The Morgan fingerprint density at radius 3 is 2.74 bits per heavy atom. The highest BCUT2D eigenvalue weighted by molar-refractivity contribution is 5.80. The predicted octanol–water partition coefficient (Wildman–Crippen LogP) is 2.33. The highest BCUT2D eigenvalue weighted by Crippen LogP contribution is 2.21. The number of rotatable bonds is 8. The second-order valence-electron chi connectivity index (χ2n) is 7.45. The van der Waals surface area contributed by atoms with Crippen molar-refractivity contribution < 1.29 is 4.39 Å². The summed E-state index contributed by atoms with van der Waals surface area (Å²) in [5.74, 6) is 1.63. The minimum Gasteiger partial charge on any atom is -0.355 e. The van der Waals surface area contributed by atoms with Gasteiger partial charge in [0, 0.05) is 45.0 Å². The van der Waals surface area contributed by atoms with E-state index >= 15 is 0 Å². The molecule has 152 valence electrons. The summed E-state index contributed by atoms with van der Waals surface area (Å²) in [7, 11) is 6.07. The van der Waals surface area contributed by atoms with E-state index in [1.54, 1.807) is 19.3 Å². The molecule has 0 bridgehead atoms. The van der Waals surface area contributed by atoms with E-state index in [4.69, 9.17) is 0 Å². The number of hydrogen-bond acceptors (Lipinski definition) is 4. The minimum atomic E-state index is -0.264. The van der Waals surface area contributed by atoms with Crippen molar-refractivity contribution in [2.24, 2.45) is 10.9 Å². The lowest BCUT2D eigenvalue weighted by molar-refractivity contribution is 0.200. The number of anilines is 1. The molecule has 0 radical (unpaired) electrons. The lowest BCUT2D eigenvalue weighted by atomic mass is 9.93. The number of nitrogens with zero attached hydrogens (tertiary/aromatic N) is 4. The Bertz CT molecular complexity index is 602. The summed E-state index contributed by atoms with van der Waals surface area (Å²) in [6.07, 6.45) is 4.90. The van der Waals surface area contributed by atoms with Gasteiger partial charge >= 0.3 is 0 Å². The van der Waals surface area contributed by atoms with Crippen LogP contribution in [0.1, 0.15) is 33.1 Å².